The standard InChI is InChI=1S/C17H24F4N4S/c1-22-16(24-15-5-6-25(9-15)11-17(19,20)21)23-8-12-3-4-14(18)7-13(12)10-26-2/h3-4,7,15H,5-6,8-11H2,1-2H3,(H2,22,23,24). The van der Waals surface area contributed by atoms with E-state index in [1.807, 2.05) is 6.26 Å². The molecular weight excluding hydrogens is 368 g/mol. The minimum Gasteiger partial charge on any atom is -0.352 e. The first kappa shape index (κ1) is 20.8. The molecule has 1 aromatic carbocycles. The van der Waals surface area contributed by atoms with Gasteiger partial charge < -0.3 is 10.6 Å². The first-order valence-corrected chi connectivity index (χ1v) is 9.72. The Morgan fingerprint density at radius 1 is 1.35 bits per heavy atom. The number of nitrogens with one attached hydrogen (secondary N) is 2. The fourth-order valence-electron chi connectivity index (χ4n) is 2.97. The molecule has 1 saturated heterocycles. The van der Waals surface area contributed by atoms with E-state index in [9.17, 15) is 17.6 Å². The first-order valence-electron chi connectivity index (χ1n) is 8.33. The number of nitrogens with zero attached hydrogens (tertiary/aromatic N) is 2. The fraction of sp³-hybridized carbons (Fsp3) is 0.588. The molecule has 9 heteroatoms. The average molecular weight is 392 g/mol. The Labute approximate surface area is 155 Å². The third-order valence-electron chi connectivity index (χ3n) is 4.15. The molecule has 0 bridgehead atoms. The summed E-state index contributed by atoms with van der Waals surface area (Å²) in [4.78, 5) is 5.52. The summed E-state index contributed by atoms with van der Waals surface area (Å²) < 4.78 is 50.8. The van der Waals surface area contributed by atoms with Crippen LogP contribution in [0.15, 0.2) is 23.2 Å². The van der Waals surface area contributed by atoms with Crippen LogP contribution < -0.4 is 10.6 Å². The van der Waals surface area contributed by atoms with Crippen molar-refractivity contribution in [1.29, 1.82) is 0 Å². The van der Waals surface area contributed by atoms with Crippen LogP contribution in [0.3, 0.4) is 0 Å². The molecule has 4 nitrogen and oxygen atoms in total. The zero-order chi connectivity index (χ0) is 19.2. The molecule has 146 valence electrons. The van der Waals surface area contributed by atoms with E-state index in [0.717, 1.165) is 11.1 Å². The number of likely N-dealkylation sites (tertiary alicyclic amines) is 1. The van der Waals surface area contributed by atoms with Crippen molar-refractivity contribution in [3.05, 3.63) is 35.1 Å². The largest absolute Gasteiger partial charge is 0.401 e. The van der Waals surface area contributed by atoms with Gasteiger partial charge in [0.25, 0.3) is 0 Å². The second-order valence-corrected chi connectivity index (χ2v) is 7.12. The predicted octanol–water partition coefficient (Wildman–Crippen LogP) is 2.99. The number of thioether (sulfide) groups is 1. The summed E-state index contributed by atoms with van der Waals surface area (Å²) in [6, 6.07) is 4.60. The monoisotopic (exact) mass is 392 g/mol. The minimum absolute atomic E-state index is 0.0811. The molecule has 1 heterocycles. The van der Waals surface area contributed by atoms with Crippen molar-refractivity contribution in [1.82, 2.24) is 15.5 Å². The highest BCUT2D eigenvalue weighted by molar-refractivity contribution is 7.97. The lowest BCUT2D eigenvalue weighted by atomic mass is 10.1. The van der Waals surface area contributed by atoms with Gasteiger partial charge in [0.1, 0.15) is 5.82 Å². The molecule has 0 radical (unpaired) electrons. The maximum absolute atomic E-state index is 13.4. The smallest absolute Gasteiger partial charge is 0.352 e. The van der Waals surface area contributed by atoms with Crippen molar-refractivity contribution in [2.75, 3.05) is 32.9 Å². The number of alkyl halides is 3. The summed E-state index contributed by atoms with van der Waals surface area (Å²) in [6.45, 7) is 0.318. The summed E-state index contributed by atoms with van der Waals surface area (Å²) in [7, 11) is 1.62. The van der Waals surface area contributed by atoms with E-state index < -0.39 is 12.7 Å². The number of halogens is 4. The van der Waals surface area contributed by atoms with Crippen molar-refractivity contribution >= 4 is 17.7 Å². The molecule has 0 saturated carbocycles. The molecule has 1 aliphatic rings. The van der Waals surface area contributed by atoms with Crippen molar-refractivity contribution in [2.24, 2.45) is 4.99 Å². The van der Waals surface area contributed by atoms with E-state index in [2.05, 4.69) is 15.6 Å². The molecule has 1 atom stereocenters. The average Bonchev–Trinajstić information content (AvgIpc) is 2.98. The molecule has 1 unspecified atom stereocenters. The van der Waals surface area contributed by atoms with Gasteiger partial charge in [0, 0.05) is 38.5 Å². The Morgan fingerprint density at radius 2 is 2.12 bits per heavy atom. The summed E-state index contributed by atoms with van der Waals surface area (Å²) in [5.74, 6) is 0.967. The second kappa shape index (κ2) is 9.45. The van der Waals surface area contributed by atoms with Gasteiger partial charge in [0.15, 0.2) is 5.96 Å². The lowest BCUT2D eigenvalue weighted by Crippen LogP contribution is -2.45. The number of aliphatic imine (C=N–C) groups is 1. The van der Waals surface area contributed by atoms with Gasteiger partial charge in [-0.15, -0.1) is 0 Å². The zero-order valence-corrected chi connectivity index (χ0v) is 15.7. The van der Waals surface area contributed by atoms with Crippen LogP contribution in [0.25, 0.3) is 0 Å². The van der Waals surface area contributed by atoms with Gasteiger partial charge in [-0.1, -0.05) is 6.07 Å². The van der Waals surface area contributed by atoms with Crippen LogP contribution >= 0.6 is 11.8 Å². The normalized spacial score (nSPS) is 19.0. The van der Waals surface area contributed by atoms with E-state index in [1.165, 1.54) is 17.0 Å². The van der Waals surface area contributed by atoms with Crippen LogP contribution in [-0.4, -0.2) is 56.0 Å². The molecule has 1 fully saturated rings. The van der Waals surface area contributed by atoms with E-state index in [-0.39, 0.29) is 11.9 Å². The lowest BCUT2D eigenvalue weighted by molar-refractivity contribution is -0.143. The van der Waals surface area contributed by atoms with Gasteiger partial charge >= 0.3 is 6.18 Å². The van der Waals surface area contributed by atoms with Gasteiger partial charge in [0.05, 0.1) is 6.54 Å². The molecule has 2 N–H and O–H groups in total. The molecule has 0 spiro atoms. The van der Waals surface area contributed by atoms with Crippen molar-refractivity contribution < 1.29 is 17.6 Å². The molecule has 0 aromatic heterocycles. The Balaban J connectivity index is 1.87. The second-order valence-electron chi connectivity index (χ2n) is 6.25. The summed E-state index contributed by atoms with van der Waals surface area (Å²) in [5, 5.41) is 6.33. The quantitative estimate of drug-likeness (QED) is 0.444. The third kappa shape index (κ3) is 6.68. The van der Waals surface area contributed by atoms with Crippen LogP contribution in [0.1, 0.15) is 17.5 Å². The molecule has 2 rings (SSSR count). The lowest BCUT2D eigenvalue weighted by Gasteiger charge is -2.20. The molecule has 0 amide bonds. The van der Waals surface area contributed by atoms with Gasteiger partial charge in [-0.05, 0) is 35.9 Å². The maximum atomic E-state index is 13.4. The third-order valence-corrected chi connectivity index (χ3v) is 4.75. The van der Waals surface area contributed by atoms with Gasteiger partial charge in [0.2, 0.25) is 0 Å². The number of guanidine groups is 1. The molecule has 0 aliphatic carbocycles. The Kier molecular flexibility index (Phi) is 7.57. The Morgan fingerprint density at radius 3 is 2.77 bits per heavy atom. The fourth-order valence-corrected chi connectivity index (χ4v) is 3.55. The van der Waals surface area contributed by atoms with Crippen molar-refractivity contribution in [2.45, 2.75) is 30.9 Å². The van der Waals surface area contributed by atoms with E-state index >= 15 is 0 Å². The van der Waals surface area contributed by atoms with Crippen LogP contribution in [0.5, 0.6) is 0 Å². The highest BCUT2D eigenvalue weighted by Crippen LogP contribution is 2.20. The Hall–Kier alpha value is -1.48. The predicted molar refractivity (Wildman–Crippen MR) is 97.9 cm³/mol. The zero-order valence-electron chi connectivity index (χ0n) is 14.9. The van der Waals surface area contributed by atoms with Crippen LogP contribution in [-0.2, 0) is 12.3 Å². The van der Waals surface area contributed by atoms with E-state index in [1.54, 1.807) is 24.9 Å². The van der Waals surface area contributed by atoms with Crippen LogP contribution in [0.2, 0.25) is 0 Å². The number of hydrogen-bond acceptors (Lipinski definition) is 3. The summed E-state index contributed by atoms with van der Waals surface area (Å²) in [5.41, 5.74) is 1.88. The number of hydrogen-bond donors (Lipinski definition) is 2. The van der Waals surface area contributed by atoms with Gasteiger partial charge in [-0.25, -0.2) is 4.39 Å². The number of benzene rings is 1. The van der Waals surface area contributed by atoms with E-state index in [0.29, 0.717) is 37.8 Å². The van der Waals surface area contributed by atoms with Crippen molar-refractivity contribution in [3.8, 4) is 0 Å². The molecule has 1 aliphatic heterocycles. The highest BCUT2D eigenvalue weighted by Gasteiger charge is 2.34. The van der Waals surface area contributed by atoms with Gasteiger partial charge in [-0.3, -0.25) is 9.89 Å². The first-order chi connectivity index (χ1) is 12.3. The highest BCUT2D eigenvalue weighted by atomic mass is 32.2. The Bertz CT molecular complexity index is 621. The summed E-state index contributed by atoms with van der Waals surface area (Å²) in [6.07, 6.45) is -1.59. The molecule has 26 heavy (non-hydrogen) atoms. The SMILES string of the molecule is CN=C(NCc1ccc(F)cc1CSC)NC1CCN(CC(F)(F)F)C1. The van der Waals surface area contributed by atoms with Gasteiger partial charge in [-0.2, -0.15) is 24.9 Å². The van der Waals surface area contributed by atoms with E-state index in [4.69, 9.17) is 0 Å². The maximum Gasteiger partial charge on any atom is 0.401 e. The number of rotatable bonds is 6. The molecule has 1 aromatic rings. The van der Waals surface area contributed by atoms with Crippen LogP contribution in [0, 0.1) is 5.82 Å². The molecular formula is C17H24F4N4S. The minimum atomic E-state index is -4.18. The summed E-state index contributed by atoms with van der Waals surface area (Å²) >= 11 is 1.61. The van der Waals surface area contributed by atoms with Crippen molar-refractivity contribution in [3.63, 3.8) is 0 Å². The topological polar surface area (TPSA) is 39.7 Å². The van der Waals surface area contributed by atoms with Crippen LogP contribution in [0.4, 0.5) is 17.6 Å².